The number of methoxy groups -OCH3 is 1. The maximum atomic E-state index is 13.5. The van der Waals surface area contributed by atoms with Gasteiger partial charge in [-0.3, -0.25) is 43.5 Å². The number of carbonyl (C=O) groups is 8. The quantitative estimate of drug-likeness (QED) is 0.0192. The zero-order chi connectivity index (χ0) is 56.5. The van der Waals surface area contributed by atoms with E-state index in [1.54, 1.807) is 31.4 Å². The number of hydrogen-bond acceptors (Lipinski definition) is 19. The van der Waals surface area contributed by atoms with E-state index in [-0.39, 0.29) is 83.6 Å². The average molecular weight is 1100 g/mol. The number of guanidine groups is 1. The first-order valence-corrected chi connectivity index (χ1v) is 25.8. The molecule has 26 heteroatoms. The van der Waals surface area contributed by atoms with Crippen molar-refractivity contribution in [1.82, 2.24) is 20.9 Å². The van der Waals surface area contributed by atoms with E-state index in [4.69, 9.17) is 54.1 Å². The minimum atomic E-state index is -1.22. The molecule has 77 heavy (non-hydrogen) atoms. The van der Waals surface area contributed by atoms with Gasteiger partial charge in [-0.05, 0) is 42.9 Å². The molecule has 3 atom stereocenters. The molecular weight excluding hydrogens is 1010 g/mol. The molecule has 1 heterocycles. The number of anilines is 1. The zero-order valence-corrected chi connectivity index (χ0v) is 44.8. The van der Waals surface area contributed by atoms with Gasteiger partial charge in [0.1, 0.15) is 6.61 Å². The number of aliphatic imine (C=N–C) groups is 1. The van der Waals surface area contributed by atoms with Crippen molar-refractivity contribution < 1.29 is 86.1 Å². The first-order valence-electron chi connectivity index (χ1n) is 25.8. The molecule has 0 unspecified atom stereocenters. The molecule has 1 aromatic carbocycles. The summed E-state index contributed by atoms with van der Waals surface area (Å²) in [5.74, 6) is -5.80. The van der Waals surface area contributed by atoms with Gasteiger partial charge in [-0.1, -0.05) is 26.0 Å². The van der Waals surface area contributed by atoms with Crippen LogP contribution in [0.4, 0.5) is 10.5 Å². The molecule has 0 bridgehead atoms. The number of hydrogen-bond donors (Lipinski definition) is 7. The summed E-state index contributed by atoms with van der Waals surface area (Å²) in [7, 11) is 1.62. The van der Waals surface area contributed by atoms with Crippen molar-refractivity contribution in [3.05, 3.63) is 42.0 Å². The van der Waals surface area contributed by atoms with Crippen molar-refractivity contribution >= 4 is 58.8 Å². The van der Waals surface area contributed by atoms with Crippen LogP contribution in [0.1, 0.15) is 57.9 Å². The monoisotopic (exact) mass is 1090 g/mol. The van der Waals surface area contributed by atoms with Crippen LogP contribution < -0.4 is 32.7 Å². The lowest BCUT2D eigenvalue weighted by molar-refractivity contribution is -0.136. The van der Waals surface area contributed by atoms with Crippen LogP contribution in [0, 0.1) is 17.8 Å². The first-order chi connectivity index (χ1) is 37.1. The van der Waals surface area contributed by atoms with Crippen LogP contribution in [0.5, 0.6) is 0 Å². The number of ketones is 2. The first kappa shape index (κ1) is 67.1. The van der Waals surface area contributed by atoms with E-state index in [1.165, 1.54) is 0 Å². The van der Waals surface area contributed by atoms with Gasteiger partial charge in [-0.25, -0.2) is 4.79 Å². The Bertz CT molecular complexity index is 1950. The average Bonchev–Trinajstić information content (AvgIpc) is 3.72. The van der Waals surface area contributed by atoms with Crippen LogP contribution in [0.2, 0.25) is 0 Å². The van der Waals surface area contributed by atoms with Crippen molar-refractivity contribution in [2.45, 2.75) is 65.0 Å². The van der Waals surface area contributed by atoms with Gasteiger partial charge in [-0.2, -0.15) is 0 Å². The highest BCUT2D eigenvalue weighted by Gasteiger charge is 2.29. The second-order valence-corrected chi connectivity index (χ2v) is 17.8. The van der Waals surface area contributed by atoms with Gasteiger partial charge in [-0.15, -0.1) is 0 Å². The smallest absolute Gasteiger partial charge is 0.407 e. The second kappa shape index (κ2) is 42.1. The Balaban J connectivity index is 1.69. The molecule has 9 N–H and O–H groups in total. The molecule has 26 nitrogen and oxygen atoms in total. The number of imide groups is 1. The van der Waals surface area contributed by atoms with Crippen molar-refractivity contribution in [3.8, 4) is 0 Å². The van der Waals surface area contributed by atoms with Gasteiger partial charge in [0, 0.05) is 69.8 Å². The summed E-state index contributed by atoms with van der Waals surface area (Å²) in [5, 5.41) is 20.5. The molecule has 0 aromatic heterocycles. The number of carbonyl (C=O) groups excluding carboxylic acids is 8. The highest BCUT2D eigenvalue weighted by Crippen LogP contribution is 2.18. The van der Waals surface area contributed by atoms with E-state index in [2.05, 4.69) is 26.3 Å². The van der Waals surface area contributed by atoms with Crippen molar-refractivity contribution in [2.75, 3.05) is 144 Å². The minimum absolute atomic E-state index is 0.00366. The summed E-state index contributed by atoms with van der Waals surface area (Å²) >= 11 is 0. The maximum absolute atomic E-state index is 13.5. The van der Waals surface area contributed by atoms with Crippen molar-refractivity contribution in [1.29, 1.82) is 0 Å². The molecule has 2 rings (SSSR count). The molecule has 0 fully saturated rings. The molecule has 1 aliphatic heterocycles. The Hall–Kier alpha value is -5.97. The van der Waals surface area contributed by atoms with Gasteiger partial charge >= 0.3 is 6.09 Å². The molecule has 0 saturated heterocycles. The summed E-state index contributed by atoms with van der Waals surface area (Å²) < 4.78 is 48.2. The third-order valence-electron chi connectivity index (χ3n) is 11.0. The SMILES string of the molecule is COCCOCCOCCOCCOCCOCCOCCOCCC(=O)N[C@@H](CC(C)C)C(=O)C[C@@H](CO)C(=O)NCC(=O)C[C@@H](CCCN=C(N)N)C(=O)Nc1ccc(COC(=O)NCCN2C(=O)C=CC2=O)cc1. The highest BCUT2D eigenvalue weighted by atomic mass is 16.6. The third-order valence-corrected chi connectivity index (χ3v) is 11.0. The van der Waals surface area contributed by atoms with E-state index in [0.29, 0.717) is 97.0 Å². The zero-order valence-electron chi connectivity index (χ0n) is 44.8. The number of nitrogens with zero attached hydrogens (tertiary/aromatic N) is 2. The fourth-order valence-corrected chi connectivity index (χ4v) is 6.96. The second-order valence-electron chi connectivity index (χ2n) is 17.8. The number of nitrogens with two attached hydrogens (primary N) is 2. The van der Waals surface area contributed by atoms with E-state index < -0.39 is 84.6 Å². The summed E-state index contributed by atoms with van der Waals surface area (Å²) in [6.07, 6.45) is 1.64. The Morgan fingerprint density at radius 2 is 1.22 bits per heavy atom. The van der Waals surface area contributed by atoms with Crippen LogP contribution in [-0.4, -0.2) is 208 Å². The molecule has 0 spiro atoms. The van der Waals surface area contributed by atoms with Crippen molar-refractivity contribution in [3.63, 3.8) is 0 Å². The van der Waals surface area contributed by atoms with Gasteiger partial charge in [0.25, 0.3) is 11.8 Å². The predicted octanol–water partition coefficient (Wildman–Crippen LogP) is -0.227. The number of alkyl carbamates (subject to hydrolysis) is 1. The van der Waals surface area contributed by atoms with Crippen LogP contribution in [0.25, 0.3) is 0 Å². The molecule has 1 aromatic rings. The molecule has 0 saturated carbocycles. The molecular formula is C51H82N8O18. The summed E-state index contributed by atoms with van der Waals surface area (Å²) in [4.78, 5) is 107. The van der Waals surface area contributed by atoms with Gasteiger partial charge < -0.3 is 80.5 Å². The number of ether oxygens (including phenoxy) is 9. The Morgan fingerprint density at radius 3 is 1.73 bits per heavy atom. The Kier molecular flexibility index (Phi) is 36.7. The number of nitrogens with one attached hydrogen (secondary N) is 4. The van der Waals surface area contributed by atoms with E-state index in [0.717, 1.165) is 17.1 Å². The van der Waals surface area contributed by atoms with Crippen LogP contribution in [0.15, 0.2) is 41.4 Å². The van der Waals surface area contributed by atoms with E-state index >= 15 is 0 Å². The topological polar surface area (TPSA) is 356 Å². The lowest BCUT2D eigenvalue weighted by Crippen LogP contribution is -2.44. The minimum Gasteiger partial charge on any atom is -0.445 e. The van der Waals surface area contributed by atoms with E-state index in [9.17, 15) is 43.5 Å². The summed E-state index contributed by atoms with van der Waals surface area (Å²) in [6.45, 7) is 8.63. The van der Waals surface area contributed by atoms with Crippen molar-refractivity contribution in [2.24, 2.45) is 34.2 Å². The number of aliphatic hydroxyl groups is 1. The molecule has 434 valence electrons. The number of rotatable bonds is 47. The summed E-state index contributed by atoms with van der Waals surface area (Å²) in [5.41, 5.74) is 11.9. The Labute approximate surface area is 450 Å². The van der Waals surface area contributed by atoms with Crippen LogP contribution in [0.3, 0.4) is 0 Å². The third kappa shape index (κ3) is 33.0. The molecule has 1 aliphatic rings. The maximum Gasteiger partial charge on any atom is 0.407 e. The van der Waals surface area contributed by atoms with Crippen LogP contribution in [-0.2, 0) is 82.8 Å². The molecule has 6 amide bonds. The molecule has 0 radical (unpaired) electrons. The largest absolute Gasteiger partial charge is 0.445 e. The number of amides is 6. The van der Waals surface area contributed by atoms with Crippen LogP contribution >= 0.6 is 0 Å². The fraction of sp³-hybridized carbons (Fsp3) is 0.667. The molecule has 0 aliphatic carbocycles. The van der Waals surface area contributed by atoms with E-state index in [1.807, 2.05) is 13.8 Å². The predicted molar refractivity (Wildman–Crippen MR) is 279 cm³/mol. The normalized spacial score (nSPS) is 13.3. The van der Waals surface area contributed by atoms with Gasteiger partial charge in [0.2, 0.25) is 17.7 Å². The standard InChI is InChI=1S/C51H82N8O18/c1-37(2)31-43(58-45(63)12-16-70-19-20-72-23-24-74-27-28-76-30-29-75-26-25-73-22-21-71-18-17-69-3)44(62)33-40(35-60)48(66)56-34-42(61)32-39(5-4-13-54-50(52)53)49(67)57-41-8-6-38(7-9-41)36-77-51(68)55-14-15-59-46(64)10-11-47(59)65/h6-11,37,39-40,43,60H,4-5,12-36H2,1-3H3,(H,55,68)(H,56,66)(H,57,67)(H,58,63)(H4,52,53,54)/t39-,40+,43+/m1/s1. The summed E-state index contributed by atoms with van der Waals surface area (Å²) in [6, 6.07) is 5.45. The fourth-order valence-electron chi connectivity index (χ4n) is 6.96. The van der Waals surface area contributed by atoms with Gasteiger partial charge in [0.15, 0.2) is 17.5 Å². The highest BCUT2D eigenvalue weighted by molar-refractivity contribution is 6.12. The van der Waals surface area contributed by atoms with Gasteiger partial charge in [0.05, 0.1) is 124 Å². The number of aliphatic hydroxyl groups excluding tert-OH is 1. The lowest BCUT2D eigenvalue weighted by atomic mass is 9.93. The number of Topliss-reactive ketones (excluding diaryl/α,β-unsaturated/α-hetero) is 2. The number of benzene rings is 1. The lowest BCUT2D eigenvalue weighted by Gasteiger charge is -2.22. The Morgan fingerprint density at radius 1 is 0.688 bits per heavy atom.